The maximum atomic E-state index is 13.5. The van der Waals surface area contributed by atoms with Crippen molar-refractivity contribution >= 4 is 23.0 Å². The lowest BCUT2D eigenvalue weighted by molar-refractivity contribution is -0.136. The standard InChI is InChI=1S/C31H29NO6/c1-20-16-26-28(23-14-8-9-15-24(23)29(33)37-26)27(17-20)38-30(34)25(18-21-10-4-2-5-11-21)32-31(35)36-19-22-12-6-3-7-13-22/h2-7,10-13,16-17,25H,8-9,14-15,18-19H2,1H3,(H,32,35). The summed E-state index contributed by atoms with van der Waals surface area (Å²) in [6.07, 6.45) is 2.71. The van der Waals surface area contributed by atoms with E-state index in [-0.39, 0.29) is 18.7 Å². The smallest absolute Gasteiger partial charge is 0.408 e. The number of benzene rings is 3. The lowest BCUT2D eigenvalue weighted by Gasteiger charge is -2.21. The van der Waals surface area contributed by atoms with Crippen LogP contribution in [0.4, 0.5) is 4.79 Å². The van der Waals surface area contributed by atoms with Gasteiger partial charge in [-0.25, -0.2) is 14.4 Å². The predicted octanol–water partition coefficient (Wildman–Crippen LogP) is 5.42. The molecule has 5 rings (SSSR count). The van der Waals surface area contributed by atoms with Crippen LogP contribution in [0.25, 0.3) is 11.0 Å². The van der Waals surface area contributed by atoms with Crippen molar-refractivity contribution in [3.63, 3.8) is 0 Å². The van der Waals surface area contributed by atoms with Crippen LogP contribution in [0.5, 0.6) is 5.75 Å². The molecule has 0 spiro atoms. The van der Waals surface area contributed by atoms with Crippen molar-refractivity contribution in [2.75, 3.05) is 0 Å². The summed E-state index contributed by atoms with van der Waals surface area (Å²) in [4.78, 5) is 38.8. The maximum absolute atomic E-state index is 13.5. The first-order valence-electron chi connectivity index (χ1n) is 12.8. The van der Waals surface area contributed by atoms with Crippen LogP contribution in [0.1, 0.15) is 40.7 Å². The van der Waals surface area contributed by atoms with Gasteiger partial charge in [0, 0.05) is 12.0 Å². The van der Waals surface area contributed by atoms with Crippen LogP contribution in [0.3, 0.4) is 0 Å². The molecule has 7 nitrogen and oxygen atoms in total. The minimum Gasteiger partial charge on any atom is -0.445 e. The monoisotopic (exact) mass is 511 g/mol. The third kappa shape index (κ3) is 5.78. The van der Waals surface area contributed by atoms with Gasteiger partial charge in [0.05, 0.1) is 5.39 Å². The first-order chi connectivity index (χ1) is 18.5. The number of amides is 1. The molecule has 4 aromatic rings. The van der Waals surface area contributed by atoms with Crippen LogP contribution in [-0.4, -0.2) is 18.1 Å². The van der Waals surface area contributed by atoms with Crippen molar-refractivity contribution in [1.29, 1.82) is 0 Å². The Balaban J connectivity index is 1.42. The highest BCUT2D eigenvalue weighted by Crippen LogP contribution is 2.34. The van der Waals surface area contributed by atoms with Crippen molar-refractivity contribution in [3.8, 4) is 5.75 Å². The number of carbonyl (C=O) groups excluding carboxylic acids is 2. The normalized spacial score (nSPS) is 13.4. The third-order valence-corrected chi connectivity index (χ3v) is 6.71. The first-order valence-corrected chi connectivity index (χ1v) is 12.8. The zero-order chi connectivity index (χ0) is 26.5. The molecule has 1 unspecified atom stereocenters. The summed E-state index contributed by atoms with van der Waals surface area (Å²) in [5.41, 5.74) is 4.06. The molecule has 1 aliphatic rings. The average Bonchev–Trinajstić information content (AvgIpc) is 2.92. The van der Waals surface area contributed by atoms with E-state index in [0.717, 1.165) is 35.1 Å². The van der Waals surface area contributed by atoms with E-state index in [2.05, 4.69) is 5.32 Å². The number of carbonyl (C=O) groups is 2. The zero-order valence-corrected chi connectivity index (χ0v) is 21.2. The Kier molecular flexibility index (Phi) is 7.54. The molecule has 38 heavy (non-hydrogen) atoms. The van der Waals surface area contributed by atoms with Crippen LogP contribution in [0.2, 0.25) is 0 Å². The summed E-state index contributed by atoms with van der Waals surface area (Å²) >= 11 is 0. The number of hydrogen-bond acceptors (Lipinski definition) is 6. The lowest BCUT2D eigenvalue weighted by Crippen LogP contribution is -2.44. The van der Waals surface area contributed by atoms with E-state index in [9.17, 15) is 14.4 Å². The molecule has 1 aliphatic carbocycles. The third-order valence-electron chi connectivity index (χ3n) is 6.71. The summed E-state index contributed by atoms with van der Waals surface area (Å²) < 4.78 is 16.9. The topological polar surface area (TPSA) is 94.8 Å². The van der Waals surface area contributed by atoms with Gasteiger partial charge in [0.15, 0.2) is 0 Å². The summed E-state index contributed by atoms with van der Waals surface area (Å²) in [6, 6.07) is 21.2. The van der Waals surface area contributed by atoms with Crippen LogP contribution in [-0.2, 0) is 35.4 Å². The molecule has 0 aliphatic heterocycles. The van der Waals surface area contributed by atoms with E-state index in [0.29, 0.717) is 35.1 Å². The molecule has 1 N–H and O–H groups in total. The van der Waals surface area contributed by atoms with Gasteiger partial charge < -0.3 is 19.2 Å². The van der Waals surface area contributed by atoms with Crippen molar-refractivity contribution in [2.24, 2.45) is 0 Å². The molecule has 7 heteroatoms. The van der Waals surface area contributed by atoms with E-state index in [4.69, 9.17) is 13.9 Å². The van der Waals surface area contributed by atoms with Crippen molar-refractivity contribution in [3.05, 3.63) is 111 Å². The van der Waals surface area contributed by atoms with Crippen LogP contribution in [0.15, 0.2) is 82.0 Å². The molecule has 0 saturated heterocycles. The molecule has 0 saturated carbocycles. The van der Waals surface area contributed by atoms with Gasteiger partial charge in [-0.15, -0.1) is 0 Å². The number of hydrogen-bond donors (Lipinski definition) is 1. The Labute approximate surface area is 220 Å². The van der Waals surface area contributed by atoms with Crippen LogP contribution < -0.4 is 15.7 Å². The predicted molar refractivity (Wildman–Crippen MR) is 143 cm³/mol. The molecule has 0 fully saturated rings. The molecule has 0 radical (unpaired) electrons. The van der Waals surface area contributed by atoms with E-state index in [1.807, 2.05) is 67.6 Å². The zero-order valence-electron chi connectivity index (χ0n) is 21.2. The Morgan fingerprint density at radius 2 is 1.58 bits per heavy atom. The summed E-state index contributed by atoms with van der Waals surface area (Å²) in [6.45, 7) is 1.92. The number of nitrogens with one attached hydrogen (secondary N) is 1. The van der Waals surface area contributed by atoms with Crippen LogP contribution in [0, 0.1) is 6.92 Å². The molecule has 0 bridgehead atoms. The number of fused-ring (bicyclic) bond motifs is 3. The second kappa shape index (κ2) is 11.3. The Morgan fingerprint density at radius 1 is 0.921 bits per heavy atom. The van der Waals surface area contributed by atoms with Gasteiger partial charge in [0.2, 0.25) is 0 Å². The van der Waals surface area contributed by atoms with Gasteiger partial charge in [-0.05, 0) is 67.0 Å². The minimum atomic E-state index is -0.997. The van der Waals surface area contributed by atoms with Gasteiger partial charge in [-0.1, -0.05) is 60.7 Å². The summed E-state index contributed by atoms with van der Waals surface area (Å²) in [5.74, 6) is -0.308. The fraction of sp³-hybridized carbons (Fsp3) is 0.258. The highest BCUT2D eigenvalue weighted by atomic mass is 16.6. The molecule has 1 heterocycles. The minimum absolute atomic E-state index is 0.0769. The lowest BCUT2D eigenvalue weighted by atomic mass is 9.90. The maximum Gasteiger partial charge on any atom is 0.408 e. The van der Waals surface area contributed by atoms with E-state index in [1.165, 1.54) is 0 Å². The highest BCUT2D eigenvalue weighted by molar-refractivity contribution is 5.92. The van der Waals surface area contributed by atoms with Crippen molar-refractivity contribution in [2.45, 2.75) is 51.7 Å². The molecular weight excluding hydrogens is 482 g/mol. The first kappa shape index (κ1) is 25.3. The molecule has 1 aromatic heterocycles. The molecule has 194 valence electrons. The summed E-state index contributed by atoms with van der Waals surface area (Å²) in [5, 5.41) is 3.32. The van der Waals surface area contributed by atoms with Gasteiger partial charge in [-0.2, -0.15) is 0 Å². The van der Waals surface area contributed by atoms with E-state index in [1.54, 1.807) is 12.1 Å². The molecule has 1 atom stereocenters. The molecular formula is C31H29NO6. The van der Waals surface area contributed by atoms with Gasteiger partial charge in [-0.3, -0.25) is 0 Å². The number of aryl methyl sites for hydroxylation is 2. The molecule has 1 amide bonds. The van der Waals surface area contributed by atoms with Gasteiger partial charge in [0.1, 0.15) is 24.0 Å². The average molecular weight is 512 g/mol. The Bertz CT molecular complexity index is 1510. The van der Waals surface area contributed by atoms with E-state index < -0.39 is 18.1 Å². The SMILES string of the molecule is Cc1cc(OC(=O)C(Cc2ccccc2)NC(=O)OCc2ccccc2)c2c3c(c(=O)oc2c1)CCCC3. The number of rotatable bonds is 7. The van der Waals surface area contributed by atoms with Crippen LogP contribution >= 0.6 is 0 Å². The van der Waals surface area contributed by atoms with Gasteiger partial charge >= 0.3 is 17.7 Å². The van der Waals surface area contributed by atoms with E-state index >= 15 is 0 Å². The second-order valence-corrected chi connectivity index (χ2v) is 9.56. The largest absolute Gasteiger partial charge is 0.445 e. The Hall–Kier alpha value is -4.39. The summed E-state index contributed by atoms with van der Waals surface area (Å²) in [7, 11) is 0. The highest BCUT2D eigenvalue weighted by Gasteiger charge is 2.27. The fourth-order valence-corrected chi connectivity index (χ4v) is 4.88. The number of alkyl carbamates (subject to hydrolysis) is 1. The quantitative estimate of drug-likeness (QED) is 0.202. The van der Waals surface area contributed by atoms with Crippen molar-refractivity contribution in [1.82, 2.24) is 5.32 Å². The van der Waals surface area contributed by atoms with Crippen molar-refractivity contribution < 1.29 is 23.5 Å². The Morgan fingerprint density at radius 3 is 2.29 bits per heavy atom. The second-order valence-electron chi connectivity index (χ2n) is 9.56. The molecule has 3 aromatic carbocycles. The number of esters is 1. The van der Waals surface area contributed by atoms with Gasteiger partial charge in [0.25, 0.3) is 0 Å². The fourth-order valence-electron chi connectivity index (χ4n) is 4.88. The number of ether oxygens (including phenoxy) is 2.